The molecule has 0 heterocycles. The lowest BCUT2D eigenvalue weighted by molar-refractivity contribution is 0.323. The Morgan fingerprint density at radius 2 is 1.26 bits per heavy atom. The van der Waals surface area contributed by atoms with Gasteiger partial charge in [0.2, 0.25) is 5.75 Å². The Kier molecular flexibility index (Phi) is 5.88. The minimum atomic E-state index is 0.138. The van der Waals surface area contributed by atoms with E-state index in [-0.39, 0.29) is 12.1 Å². The standard InChI is InChI=1S/C19H25NO3/c1-13(15-9-7-6-8-10-15)20-14(2)16-11-17(21-3)19(23-5)18(12-16)22-4/h6-14,20H,1-5H3. The van der Waals surface area contributed by atoms with Crippen molar-refractivity contribution in [3.63, 3.8) is 0 Å². The van der Waals surface area contributed by atoms with Gasteiger partial charge in [-0.15, -0.1) is 0 Å². The van der Waals surface area contributed by atoms with Crippen LogP contribution < -0.4 is 19.5 Å². The molecule has 0 aliphatic carbocycles. The lowest BCUT2D eigenvalue weighted by Gasteiger charge is -2.22. The fraction of sp³-hybridized carbons (Fsp3) is 0.368. The monoisotopic (exact) mass is 315 g/mol. The second-order valence-electron chi connectivity index (χ2n) is 5.48. The maximum absolute atomic E-state index is 5.43. The van der Waals surface area contributed by atoms with Gasteiger partial charge < -0.3 is 19.5 Å². The predicted octanol–water partition coefficient (Wildman–Crippen LogP) is 4.12. The summed E-state index contributed by atoms with van der Waals surface area (Å²) in [6, 6.07) is 14.7. The van der Waals surface area contributed by atoms with Gasteiger partial charge in [-0.2, -0.15) is 0 Å². The van der Waals surface area contributed by atoms with Gasteiger partial charge in [0.25, 0.3) is 0 Å². The molecule has 2 unspecified atom stereocenters. The van der Waals surface area contributed by atoms with Crippen molar-refractivity contribution >= 4 is 0 Å². The largest absolute Gasteiger partial charge is 0.493 e. The molecule has 0 aromatic heterocycles. The van der Waals surface area contributed by atoms with Gasteiger partial charge in [-0.1, -0.05) is 30.3 Å². The van der Waals surface area contributed by atoms with E-state index in [0.29, 0.717) is 17.2 Å². The van der Waals surface area contributed by atoms with Crippen molar-refractivity contribution in [2.75, 3.05) is 21.3 Å². The fourth-order valence-corrected chi connectivity index (χ4v) is 2.66. The lowest BCUT2D eigenvalue weighted by Crippen LogP contribution is -2.22. The summed E-state index contributed by atoms with van der Waals surface area (Å²) in [4.78, 5) is 0. The summed E-state index contributed by atoms with van der Waals surface area (Å²) in [5.41, 5.74) is 2.34. The highest BCUT2D eigenvalue weighted by Crippen LogP contribution is 2.39. The molecule has 0 aliphatic rings. The Morgan fingerprint density at radius 3 is 1.74 bits per heavy atom. The summed E-state index contributed by atoms with van der Waals surface area (Å²) in [6.45, 7) is 4.28. The van der Waals surface area contributed by atoms with Crippen LogP contribution in [0.1, 0.15) is 37.1 Å². The summed E-state index contributed by atoms with van der Waals surface area (Å²) in [5, 5.41) is 3.60. The maximum atomic E-state index is 5.43. The molecule has 4 heteroatoms. The molecule has 0 bridgehead atoms. The van der Waals surface area contributed by atoms with Crippen LogP contribution in [0.25, 0.3) is 0 Å². The quantitative estimate of drug-likeness (QED) is 0.834. The molecule has 2 atom stereocenters. The maximum Gasteiger partial charge on any atom is 0.203 e. The van der Waals surface area contributed by atoms with E-state index in [1.807, 2.05) is 18.2 Å². The van der Waals surface area contributed by atoms with E-state index < -0.39 is 0 Å². The van der Waals surface area contributed by atoms with Crippen LogP contribution >= 0.6 is 0 Å². The third-order valence-electron chi connectivity index (χ3n) is 3.99. The number of methoxy groups -OCH3 is 3. The average molecular weight is 315 g/mol. The van der Waals surface area contributed by atoms with E-state index >= 15 is 0 Å². The molecule has 4 nitrogen and oxygen atoms in total. The topological polar surface area (TPSA) is 39.7 Å². The Bertz CT molecular complexity index is 603. The van der Waals surface area contributed by atoms with E-state index in [0.717, 1.165) is 5.56 Å². The molecule has 0 spiro atoms. The predicted molar refractivity (Wildman–Crippen MR) is 92.5 cm³/mol. The molecule has 0 saturated carbocycles. The first-order valence-corrected chi connectivity index (χ1v) is 7.71. The average Bonchev–Trinajstić information content (AvgIpc) is 2.60. The van der Waals surface area contributed by atoms with E-state index in [1.54, 1.807) is 21.3 Å². The molecule has 124 valence electrons. The van der Waals surface area contributed by atoms with Gasteiger partial charge in [0.1, 0.15) is 0 Å². The van der Waals surface area contributed by atoms with Crippen molar-refractivity contribution in [3.8, 4) is 17.2 Å². The third-order valence-corrected chi connectivity index (χ3v) is 3.99. The van der Waals surface area contributed by atoms with Crippen LogP contribution in [0, 0.1) is 0 Å². The number of benzene rings is 2. The Hall–Kier alpha value is -2.20. The van der Waals surface area contributed by atoms with E-state index in [2.05, 4.69) is 43.4 Å². The van der Waals surface area contributed by atoms with Crippen molar-refractivity contribution in [3.05, 3.63) is 53.6 Å². The first-order valence-electron chi connectivity index (χ1n) is 7.71. The molecule has 2 rings (SSSR count). The number of ether oxygens (including phenoxy) is 3. The van der Waals surface area contributed by atoms with Gasteiger partial charge in [0.05, 0.1) is 21.3 Å². The smallest absolute Gasteiger partial charge is 0.203 e. The van der Waals surface area contributed by atoms with Gasteiger partial charge in [-0.25, -0.2) is 0 Å². The van der Waals surface area contributed by atoms with Gasteiger partial charge >= 0.3 is 0 Å². The lowest BCUT2D eigenvalue weighted by atomic mass is 10.0. The van der Waals surface area contributed by atoms with Gasteiger partial charge in [-0.3, -0.25) is 0 Å². The second-order valence-corrected chi connectivity index (χ2v) is 5.48. The van der Waals surface area contributed by atoms with Crippen LogP contribution in [0.2, 0.25) is 0 Å². The van der Waals surface area contributed by atoms with E-state index in [4.69, 9.17) is 14.2 Å². The molecule has 1 N–H and O–H groups in total. The van der Waals surface area contributed by atoms with Crippen LogP contribution in [0.3, 0.4) is 0 Å². The summed E-state index contributed by atoms with van der Waals surface area (Å²) >= 11 is 0. The molecule has 0 radical (unpaired) electrons. The van der Waals surface area contributed by atoms with Crippen molar-refractivity contribution in [2.45, 2.75) is 25.9 Å². The van der Waals surface area contributed by atoms with Crippen LogP contribution in [0.4, 0.5) is 0 Å². The van der Waals surface area contributed by atoms with Crippen LogP contribution in [-0.4, -0.2) is 21.3 Å². The fourth-order valence-electron chi connectivity index (χ4n) is 2.66. The van der Waals surface area contributed by atoms with Crippen LogP contribution in [0.15, 0.2) is 42.5 Å². The van der Waals surface area contributed by atoms with Crippen LogP contribution in [0.5, 0.6) is 17.2 Å². The van der Waals surface area contributed by atoms with Gasteiger partial charge in [-0.05, 0) is 37.1 Å². The molecule has 0 fully saturated rings. The third kappa shape index (κ3) is 3.96. The molecule has 0 aliphatic heterocycles. The van der Waals surface area contributed by atoms with Crippen molar-refractivity contribution in [1.82, 2.24) is 5.32 Å². The van der Waals surface area contributed by atoms with Crippen molar-refractivity contribution in [2.24, 2.45) is 0 Å². The number of hydrogen-bond donors (Lipinski definition) is 1. The highest BCUT2D eigenvalue weighted by Gasteiger charge is 2.17. The number of rotatable bonds is 7. The van der Waals surface area contributed by atoms with Gasteiger partial charge in [0.15, 0.2) is 11.5 Å². The first kappa shape index (κ1) is 17.2. The molecule has 2 aromatic carbocycles. The summed E-state index contributed by atoms with van der Waals surface area (Å²) in [5.74, 6) is 1.95. The minimum Gasteiger partial charge on any atom is -0.493 e. The number of nitrogens with one attached hydrogen (secondary N) is 1. The van der Waals surface area contributed by atoms with Crippen molar-refractivity contribution in [1.29, 1.82) is 0 Å². The Balaban J connectivity index is 2.23. The highest BCUT2D eigenvalue weighted by molar-refractivity contribution is 5.54. The first-order chi connectivity index (χ1) is 11.1. The summed E-state index contributed by atoms with van der Waals surface area (Å²) in [7, 11) is 4.87. The molecular weight excluding hydrogens is 290 g/mol. The normalized spacial score (nSPS) is 13.3. The Labute approximate surface area is 138 Å². The Morgan fingerprint density at radius 1 is 0.739 bits per heavy atom. The van der Waals surface area contributed by atoms with Crippen LogP contribution in [-0.2, 0) is 0 Å². The molecular formula is C19H25NO3. The van der Waals surface area contributed by atoms with Crippen molar-refractivity contribution < 1.29 is 14.2 Å². The SMILES string of the molecule is COc1cc(C(C)NC(C)c2ccccc2)cc(OC)c1OC. The zero-order valence-electron chi connectivity index (χ0n) is 14.4. The zero-order valence-corrected chi connectivity index (χ0v) is 14.4. The molecule has 2 aromatic rings. The van der Waals surface area contributed by atoms with Gasteiger partial charge in [0, 0.05) is 12.1 Å². The minimum absolute atomic E-state index is 0.138. The summed E-state index contributed by atoms with van der Waals surface area (Å²) < 4.78 is 16.2. The second kappa shape index (κ2) is 7.88. The van der Waals surface area contributed by atoms with E-state index in [1.165, 1.54) is 5.56 Å². The summed E-state index contributed by atoms with van der Waals surface area (Å²) in [6.07, 6.45) is 0. The zero-order chi connectivity index (χ0) is 16.8. The molecule has 0 saturated heterocycles. The molecule has 23 heavy (non-hydrogen) atoms. The number of hydrogen-bond acceptors (Lipinski definition) is 4. The molecule has 0 amide bonds. The van der Waals surface area contributed by atoms with E-state index in [9.17, 15) is 0 Å². The highest BCUT2D eigenvalue weighted by atomic mass is 16.5.